The molecule has 29 heavy (non-hydrogen) atoms. The maximum atomic E-state index is 12.8. The summed E-state index contributed by atoms with van der Waals surface area (Å²) in [5.41, 5.74) is 3.54. The van der Waals surface area contributed by atoms with E-state index < -0.39 is 5.91 Å². The number of hydrogen-bond acceptors (Lipinski definition) is 3. The maximum Gasteiger partial charge on any atom is 0.264 e. The first-order valence-corrected chi connectivity index (χ1v) is 9.50. The normalized spacial score (nSPS) is 11.0. The fraction of sp³-hybridized carbons (Fsp3) is 0.0833. The Kier molecular flexibility index (Phi) is 6.67. The first-order valence-electron chi connectivity index (χ1n) is 9.12. The zero-order valence-electron chi connectivity index (χ0n) is 15.9. The van der Waals surface area contributed by atoms with E-state index in [0.29, 0.717) is 5.02 Å². The lowest BCUT2D eigenvalue weighted by molar-refractivity contribution is -0.117. The molecule has 2 N–H and O–H groups in total. The van der Waals surface area contributed by atoms with Crippen LogP contribution in [0.25, 0.3) is 0 Å². The third kappa shape index (κ3) is 5.25. The Morgan fingerprint density at radius 3 is 2.10 bits per heavy atom. The van der Waals surface area contributed by atoms with Crippen molar-refractivity contribution in [1.29, 1.82) is 5.26 Å². The number of anilines is 1. The monoisotopic (exact) mass is 401 g/mol. The van der Waals surface area contributed by atoms with Crippen LogP contribution in [0.15, 0.2) is 90.6 Å². The number of carbonyl (C=O) groups excluding carboxylic acids is 1. The van der Waals surface area contributed by atoms with Crippen LogP contribution < -0.4 is 10.6 Å². The standard InChI is InChI=1S/C24H20ClN3O/c1-17-14-21(25)12-13-22(17)27-16-20(15-26)24(29)28-23(18-8-4-2-5-9-18)19-10-6-3-7-11-19/h2-14,16,23,27H,1H3,(H,28,29)/b20-16-. The van der Waals surface area contributed by atoms with Crippen molar-refractivity contribution < 1.29 is 4.79 Å². The van der Waals surface area contributed by atoms with Crippen molar-refractivity contribution in [3.63, 3.8) is 0 Å². The van der Waals surface area contributed by atoms with E-state index in [0.717, 1.165) is 22.4 Å². The highest BCUT2D eigenvalue weighted by atomic mass is 35.5. The molecule has 0 spiro atoms. The van der Waals surface area contributed by atoms with Gasteiger partial charge in [0.1, 0.15) is 11.6 Å². The van der Waals surface area contributed by atoms with Crippen LogP contribution in [0.4, 0.5) is 5.69 Å². The van der Waals surface area contributed by atoms with Crippen LogP contribution in [0.1, 0.15) is 22.7 Å². The van der Waals surface area contributed by atoms with Gasteiger partial charge < -0.3 is 10.6 Å². The van der Waals surface area contributed by atoms with Gasteiger partial charge in [0.05, 0.1) is 6.04 Å². The number of nitrogens with one attached hydrogen (secondary N) is 2. The average Bonchev–Trinajstić information content (AvgIpc) is 2.75. The Balaban J connectivity index is 1.83. The molecular weight excluding hydrogens is 382 g/mol. The molecule has 0 unspecified atom stereocenters. The van der Waals surface area contributed by atoms with Gasteiger partial charge >= 0.3 is 0 Å². The number of carbonyl (C=O) groups is 1. The Morgan fingerprint density at radius 2 is 1.59 bits per heavy atom. The van der Waals surface area contributed by atoms with Crippen molar-refractivity contribution in [2.75, 3.05) is 5.32 Å². The third-order valence-electron chi connectivity index (χ3n) is 4.47. The Labute approximate surface area is 175 Å². The third-order valence-corrected chi connectivity index (χ3v) is 4.70. The van der Waals surface area contributed by atoms with Crippen LogP contribution in [-0.2, 0) is 4.79 Å². The molecule has 3 aromatic carbocycles. The van der Waals surface area contributed by atoms with E-state index in [2.05, 4.69) is 10.6 Å². The summed E-state index contributed by atoms with van der Waals surface area (Å²) in [6.07, 6.45) is 1.42. The summed E-state index contributed by atoms with van der Waals surface area (Å²) in [5, 5.41) is 16.1. The summed E-state index contributed by atoms with van der Waals surface area (Å²) in [6, 6.07) is 26.3. The van der Waals surface area contributed by atoms with Crippen LogP contribution in [0, 0.1) is 18.3 Å². The predicted octanol–water partition coefficient (Wildman–Crippen LogP) is 5.37. The van der Waals surface area contributed by atoms with Crippen molar-refractivity contribution in [2.45, 2.75) is 13.0 Å². The molecule has 0 saturated carbocycles. The minimum atomic E-state index is -0.454. The quantitative estimate of drug-likeness (QED) is 0.431. The number of amides is 1. The molecule has 0 bridgehead atoms. The molecular formula is C24H20ClN3O. The minimum absolute atomic E-state index is 0.0174. The van der Waals surface area contributed by atoms with Gasteiger partial charge in [0.25, 0.3) is 5.91 Å². The number of nitriles is 1. The number of halogens is 1. The molecule has 0 aliphatic carbocycles. The number of hydrogen-bond donors (Lipinski definition) is 2. The Bertz CT molecular complexity index is 1020. The van der Waals surface area contributed by atoms with Crippen molar-refractivity contribution in [1.82, 2.24) is 5.32 Å². The van der Waals surface area contributed by atoms with E-state index in [-0.39, 0.29) is 11.6 Å². The van der Waals surface area contributed by atoms with E-state index in [9.17, 15) is 10.1 Å². The van der Waals surface area contributed by atoms with Gasteiger partial charge in [-0.05, 0) is 41.8 Å². The zero-order chi connectivity index (χ0) is 20.6. The molecule has 1 amide bonds. The highest BCUT2D eigenvalue weighted by Crippen LogP contribution is 2.23. The van der Waals surface area contributed by atoms with Gasteiger partial charge in [0, 0.05) is 16.9 Å². The van der Waals surface area contributed by atoms with Gasteiger partial charge in [-0.3, -0.25) is 4.79 Å². The lowest BCUT2D eigenvalue weighted by Crippen LogP contribution is -2.30. The number of aryl methyl sites for hydroxylation is 1. The smallest absolute Gasteiger partial charge is 0.264 e. The van der Waals surface area contributed by atoms with Gasteiger partial charge in [0.15, 0.2) is 0 Å². The second kappa shape index (κ2) is 9.59. The summed E-state index contributed by atoms with van der Waals surface area (Å²) < 4.78 is 0. The van der Waals surface area contributed by atoms with Crippen LogP contribution in [-0.4, -0.2) is 5.91 Å². The lowest BCUT2D eigenvalue weighted by Gasteiger charge is -2.19. The highest BCUT2D eigenvalue weighted by molar-refractivity contribution is 6.30. The second-order valence-corrected chi connectivity index (χ2v) is 6.94. The van der Waals surface area contributed by atoms with Gasteiger partial charge in [-0.25, -0.2) is 0 Å². The largest absolute Gasteiger partial charge is 0.360 e. The van der Waals surface area contributed by atoms with Crippen molar-refractivity contribution in [2.24, 2.45) is 0 Å². The Hall–Kier alpha value is -3.55. The van der Waals surface area contributed by atoms with Crippen molar-refractivity contribution in [3.05, 3.63) is 112 Å². The molecule has 0 fully saturated rings. The Morgan fingerprint density at radius 1 is 1.00 bits per heavy atom. The summed E-state index contributed by atoms with van der Waals surface area (Å²) in [4.78, 5) is 12.8. The lowest BCUT2D eigenvalue weighted by atomic mass is 9.98. The second-order valence-electron chi connectivity index (χ2n) is 6.50. The summed E-state index contributed by atoms with van der Waals surface area (Å²) >= 11 is 5.97. The van der Waals surface area contributed by atoms with E-state index in [1.165, 1.54) is 6.20 Å². The summed E-state index contributed by atoms with van der Waals surface area (Å²) in [7, 11) is 0. The van der Waals surface area contributed by atoms with Crippen LogP contribution in [0.3, 0.4) is 0 Å². The van der Waals surface area contributed by atoms with Gasteiger partial charge in [-0.2, -0.15) is 5.26 Å². The van der Waals surface area contributed by atoms with Crippen molar-refractivity contribution >= 4 is 23.2 Å². The molecule has 0 aliphatic heterocycles. The van der Waals surface area contributed by atoms with Crippen molar-refractivity contribution in [3.8, 4) is 6.07 Å². The zero-order valence-corrected chi connectivity index (χ0v) is 16.6. The molecule has 0 saturated heterocycles. The minimum Gasteiger partial charge on any atom is -0.360 e. The molecule has 0 aliphatic rings. The first-order chi connectivity index (χ1) is 14.1. The molecule has 144 valence electrons. The van der Waals surface area contributed by atoms with Gasteiger partial charge in [-0.15, -0.1) is 0 Å². The highest BCUT2D eigenvalue weighted by Gasteiger charge is 2.19. The average molecular weight is 402 g/mol. The van der Waals surface area contributed by atoms with Gasteiger partial charge in [-0.1, -0.05) is 72.3 Å². The molecule has 0 heterocycles. The van der Waals surface area contributed by atoms with Crippen LogP contribution >= 0.6 is 11.6 Å². The fourth-order valence-corrected chi connectivity index (χ4v) is 3.17. The van der Waals surface area contributed by atoms with E-state index >= 15 is 0 Å². The number of nitrogens with zero attached hydrogens (tertiary/aromatic N) is 1. The number of benzene rings is 3. The topological polar surface area (TPSA) is 64.9 Å². The molecule has 5 heteroatoms. The van der Waals surface area contributed by atoms with E-state index in [4.69, 9.17) is 11.6 Å². The molecule has 3 rings (SSSR count). The van der Waals surface area contributed by atoms with E-state index in [1.54, 1.807) is 12.1 Å². The fourth-order valence-electron chi connectivity index (χ4n) is 2.95. The number of rotatable bonds is 6. The molecule has 0 atom stereocenters. The summed E-state index contributed by atoms with van der Waals surface area (Å²) in [5.74, 6) is -0.454. The maximum absolute atomic E-state index is 12.8. The molecule has 0 radical (unpaired) electrons. The summed E-state index contributed by atoms with van der Waals surface area (Å²) in [6.45, 7) is 1.90. The predicted molar refractivity (Wildman–Crippen MR) is 116 cm³/mol. The first kappa shape index (κ1) is 20.2. The van der Waals surface area contributed by atoms with Crippen LogP contribution in [0.5, 0.6) is 0 Å². The molecule has 3 aromatic rings. The molecule has 4 nitrogen and oxygen atoms in total. The SMILES string of the molecule is Cc1cc(Cl)ccc1N/C=C(/C#N)C(=O)NC(c1ccccc1)c1ccccc1. The van der Waals surface area contributed by atoms with Gasteiger partial charge in [0.2, 0.25) is 0 Å². The van der Waals surface area contributed by atoms with E-state index in [1.807, 2.05) is 79.7 Å². The molecule has 0 aromatic heterocycles. The van der Waals surface area contributed by atoms with Crippen LogP contribution in [0.2, 0.25) is 5.02 Å².